The number of rotatable bonds is 4. The van der Waals surface area contributed by atoms with E-state index >= 15 is 0 Å². The predicted octanol–water partition coefficient (Wildman–Crippen LogP) is 3.27. The van der Waals surface area contributed by atoms with Crippen LogP contribution in [0, 0.1) is 5.92 Å². The molecule has 21 heavy (non-hydrogen) atoms. The zero-order chi connectivity index (χ0) is 14.4. The van der Waals surface area contributed by atoms with Crippen LogP contribution in [0.4, 0.5) is 5.82 Å². The lowest BCUT2D eigenvalue weighted by molar-refractivity contribution is 0.375. The summed E-state index contributed by atoms with van der Waals surface area (Å²) in [4.78, 5) is 8.60. The van der Waals surface area contributed by atoms with Crippen LogP contribution < -0.4 is 10.2 Å². The first kappa shape index (κ1) is 13.6. The molecule has 1 saturated heterocycles. The first-order chi connectivity index (χ1) is 10.2. The van der Waals surface area contributed by atoms with Crippen LogP contribution in [-0.4, -0.2) is 28.0 Å². The third-order valence-electron chi connectivity index (χ3n) is 4.89. The maximum Gasteiger partial charge on any atom is 0.195 e. The van der Waals surface area contributed by atoms with Gasteiger partial charge >= 0.3 is 0 Å². The summed E-state index contributed by atoms with van der Waals surface area (Å²) in [6.45, 7) is 6.80. The van der Waals surface area contributed by atoms with Crippen LogP contribution in [0.25, 0.3) is 4.96 Å². The molecule has 5 heteroatoms. The average Bonchev–Trinajstić information content (AvgIpc) is 3.05. The highest BCUT2D eigenvalue weighted by atomic mass is 32.1. The van der Waals surface area contributed by atoms with E-state index in [1.807, 2.05) is 0 Å². The van der Waals surface area contributed by atoms with Gasteiger partial charge in [0, 0.05) is 36.8 Å². The van der Waals surface area contributed by atoms with Gasteiger partial charge in [-0.05, 0) is 38.5 Å². The largest absolute Gasteiger partial charge is 0.352 e. The molecule has 4 nitrogen and oxygen atoms in total. The molecule has 1 saturated carbocycles. The van der Waals surface area contributed by atoms with Crippen molar-refractivity contribution in [2.24, 2.45) is 5.92 Å². The van der Waals surface area contributed by atoms with Gasteiger partial charge in [-0.25, -0.2) is 4.98 Å². The molecule has 2 atom stereocenters. The van der Waals surface area contributed by atoms with Gasteiger partial charge in [0.2, 0.25) is 0 Å². The van der Waals surface area contributed by atoms with Crippen molar-refractivity contribution in [2.75, 3.05) is 11.4 Å². The van der Waals surface area contributed by atoms with Crippen molar-refractivity contribution in [2.45, 2.75) is 58.2 Å². The molecule has 0 bridgehead atoms. The van der Waals surface area contributed by atoms with Crippen LogP contribution in [0.5, 0.6) is 0 Å². The van der Waals surface area contributed by atoms with Crippen molar-refractivity contribution in [1.82, 2.24) is 14.7 Å². The van der Waals surface area contributed by atoms with Crippen molar-refractivity contribution in [3.05, 3.63) is 17.3 Å². The van der Waals surface area contributed by atoms with E-state index in [-0.39, 0.29) is 0 Å². The molecular formula is C16H24N4S. The number of aromatic nitrogens is 2. The van der Waals surface area contributed by atoms with Crippen LogP contribution in [0.3, 0.4) is 0 Å². The van der Waals surface area contributed by atoms with E-state index in [1.54, 1.807) is 11.3 Å². The fourth-order valence-electron chi connectivity index (χ4n) is 3.47. The summed E-state index contributed by atoms with van der Waals surface area (Å²) >= 11 is 1.74. The zero-order valence-electron chi connectivity index (χ0n) is 12.9. The Balaban J connectivity index is 1.65. The van der Waals surface area contributed by atoms with Crippen LogP contribution >= 0.6 is 11.3 Å². The predicted molar refractivity (Wildman–Crippen MR) is 88.1 cm³/mol. The zero-order valence-corrected chi connectivity index (χ0v) is 13.7. The average molecular weight is 304 g/mol. The van der Waals surface area contributed by atoms with Gasteiger partial charge in [0.25, 0.3) is 0 Å². The molecule has 1 aliphatic heterocycles. The summed E-state index contributed by atoms with van der Waals surface area (Å²) < 4.78 is 2.28. The highest BCUT2D eigenvalue weighted by molar-refractivity contribution is 7.15. The van der Waals surface area contributed by atoms with Crippen LogP contribution in [0.15, 0.2) is 11.6 Å². The van der Waals surface area contributed by atoms with E-state index in [4.69, 9.17) is 4.98 Å². The highest BCUT2D eigenvalue weighted by Gasteiger charge is 2.29. The molecule has 3 heterocycles. The molecular weight excluding hydrogens is 280 g/mol. The van der Waals surface area contributed by atoms with E-state index in [0.29, 0.717) is 6.04 Å². The van der Waals surface area contributed by atoms with Gasteiger partial charge in [0.05, 0.1) is 5.69 Å². The van der Waals surface area contributed by atoms with Crippen molar-refractivity contribution in [1.29, 1.82) is 0 Å². The Hall–Kier alpha value is -1.07. The maximum atomic E-state index is 4.94. The van der Waals surface area contributed by atoms with E-state index < -0.39 is 0 Å². The minimum Gasteiger partial charge on any atom is -0.352 e. The topological polar surface area (TPSA) is 32.6 Å². The Bertz CT molecular complexity index is 627. The smallest absolute Gasteiger partial charge is 0.195 e. The molecule has 2 aliphatic rings. The van der Waals surface area contributed by atoms with Gasteiger partial charge in [0.15, 0.2) is 10.8 Å². The van der Waals surface area contributed by atoms with Gasteiger partial charge in [0.1, 0.15) is 0 Å². The lowest BCUT2D eigenvalue weighted by Gasteiger charge is -2.37. The maximum absolute atomic E-state index is 4.94. The van der Waals surface area contributed by atoms with E-state index in [0.717, 1.165) is 30.0 Å². The van der Waals surface area contributed by atoms with E-state index in [1.165, 1.54) is 37.2 Å². The minimum atomic E-state index is 0.595. The minimum absolute atomic E-state index is 0.595. The number of imidazole rings is 1. The third-order valence-corrected chi connectivity index (χ3v) is 5.64. The summed E-state index contributed by atoms with van der Waals surface area (Å²) in [5, 5.41) is 5.79. The molecule has 1 aliphatic carbocycles. The Kier molecular flexibility index (Phi) is 3.42. The van der Waals surface area contributed by atoms with Gasteiger partial charge < -0.3 is 10.2 Å². The Morgan fingerprint density at radius 1 is 1.33 bits per heavy atom. The fourth-order valence-corrected chi connectivity index (χ4v) is 4.19. The molecule has 2 unspecified atom stereocenters. The molecule has 2 aromatic rings. The number of fused-ring (bicyclic) bond motifs is 1. The molecule has 114 valence electrons. The number of nitrogens with one attached hydrogen (secondary N) is 1. The highest BCUT2D eigenvalue weighted by Crippen LogP contribution is 2.32. The van der Waals surface area contributed by atoms with Crippen molar-refractivity contribution >= 4 is 22.1 Å². The summed E-state index contributed by atoms with van der Waals surface area (Å²) in [6.07, 6.45) is 7.39. The SMILES string of the molecule is CC1CCN(c2nc3sccn3c2CNC2CC2)C(C)C1. The summed E-state index contributed by atoms with van der Waals surface area (Å²) in [5.41, 5.74) is 1.35. The number of anilines is 1. The van der Waals surface area contributed by atoms with Crippen molar-refractivity contribution in [3.63, 3.8) is 0 Å². The molecule has 0 radical (unpaired) electrons. The van der Waals surface area contributed by atoms with Crippen molar-refractivity contribution in [3.8, 4) is 0 Å². The summed E-state index contributed by atoms with van der Waals surface area (Å²) in [5.74, 6) is 2.06. The van der Waals surface area contributed by atoms with Crippen molar-refractivity contribution < 1.29 is 0 Å². The fraction of sp³-hybridized carbons (Fsp3) is 0.688. The van der Waals surface area contributed by atoms with E-state index in [2.05, 4.69) is 40.0 Å². The van der Waals surface area contributed by atoms with Crippen LogP contribution in [-0.2, 0) is 6.54 Å². The second kappa shape index (κ2) is 5.29. The number of hydrogen-bond donors (Lipinski definition) is 1. The lowest BCUT2D eigenvalue weighted by atomic mass is 9.93. The number of thiazole rings is 1. The third kappa shape index (κ3) is 2.57. The molecule has 1 N–H and O–H groups in total. The Morgan fingerprint density at radius 3 is 2.95 bits per heavy atom. The van der Waals surface area contributed by atoms with E-state index in [9.17, 15) is 0 Å². The first-order valence-electron chi connectivity index (χ1n) is 8.17. The van der Waals surface area contributed by atoms with Gasteiger partial charge in [-0.15, -0.1) is 11.3 Å². The molecule has 0 spiro atoms. The molecule has 2 fully saturated rings. The normalized spacial score (nSPS) is 26.7. The number of hydrogen-bond acceptors (Lipinski definition) is 4. The molecule has 0 amide bonds. The Labute approximate surface area is 130 Å². The quantitative estimate of drug-likeness (QED) is 0.941. The van der Waals surface area contributed by atoms with Crippen LogP contribution in [0.1, 0.15) is 45.2 Å². The standard InChI is InChI=1S/C16H24N4S/c1-11-5-6-19(12(2)9-11)15-14(10-17-13-3-4-13)20-7-8-21-16(20)18-15/h7-8,11-13,17H,3-6,9-10H2,1-2H3. The van der Waals surface area contributed by atoms with Gasteiger partial charge in [-0.3, -0.25) is 4.40 Å². The van der Waals surface area contributed by atoms with Gasteiger partial charge in [-0.2, -0.15) is 0 Å². The van der Waals surface area contributed by atoms with Gasteiger partial charge in [-0.1, -0.05) is 6.92 Å². The number of nitrogens with zero attached hydrogens (tertiary/aromatic N) is 3. The summed E-state index contributed by atoms with van der Waals surface area (Å²) in [6, 6.07) is 1.33. The van der Waals surface area contributed by atoms with Crippen LogP contribution in [0.2, 0.25) is 0 Å². The summed E-state index contributed by atoms with van der Waals surface area (Å²) in [7, 11) is 0. The lowest BCUT2D eigenvalue weighted by Crippen LogP contribution is -2.41. The molecule has 4 rings (SSSR count). The molecule has 0 aromatic carbocycles. The second-order valence-corrected chi connectivity index (χ2v) is 7.64. The second-order valence-electron chi connectivity index (χ2n) is 6.76. The Morgan fingerprint density at radius 2 is 2.19 bits per heavy atom. The first-order valence-corrected chi connectivity index (χ1v) is 9.05. The number of piperidine rings is 1. The monoisotopic (exact) mass is 304 g/mol. The molecule has 2 aromatic heterocycles.